The SMILES string of the molecule is CN(C)C1CCN(C(=O)NC2C=CC(C(=O)O)C2)CC1. The number of carbonyl (C=O) groups is 2. The normalized spacial score (nSPS) is 27.1. The van der Waals surface area contributed by atoms with Crippen LogP contribution in [0.25, 0.3) is 0 Å². The number of carbonyl (C=O) groups excluding carboxylic acids is 1. The Labute approximate surface area is 119 Å². The molecule has 1 aliphatic carbocycles. The van der Waals surface area contributed by atoms with E-state index in [0.29, 0.717) is 12.5 Å². The van der Waals surface area contributed by atoms with Gasteiger partial charge < -0.3 is 20.2 Å². The van der Waals surface area contributed by atoms with Crippen LogP contribution in [-0.2, 0) is 4.79 Å². The topological polar surface area (TPSA) is 72.9 Å². The van der Waals surface area contributed by atoms with E-state index in [1.54, 1.807) is 12.2 Å². The zero-order valence-corrected chi connectivity index (χ0v) is 12.1. The maximum absolute atomic E-state index is 12.1. The van der Waals surface area contributed by atoms with Crippen molar-refractivity contribution in [2.45, 2.75) is 31.3 Å². The van der Waals surface area contributed by atoms with Gasteiger partial charge in [0.15, 0.2) is 0 Å². The summed E-state index contributed by atoms with van der Waals surface area (Å²) >= 11 is 0. The molecule has 112 valence electrons. The van der Waals surface area contributed by atoms with E-state index in [4.69, 9.17) is 5.11 Å². The summed E-state index contributed by atoms with van der Waals surface area (Å²) in [4.78, 5) is 27.0. The first kappa shape index (κ1) is 14.8. The minimum atomic E-state index is -0.829. The molecule has 20 heavy (non-hydrogen) atoms. The van der Waals surface area contributed by atoms with Gasteiger partial charge in [0.05, 0.1) is 12.0 Å². The Bertz CT molecular complexity index is 400. The Morgan fingerprint density at radius 1 is 1.25 bits per heavy atom. The lowest BCUT2D eigenvalue weighted by molar-refractivity contribution is -0.140. The van der Waals surface area contributed by atoms with Crippen molar-refractivity contribution < 1.29 is 14.7 Å². The summed E-state index contributed by atoms with van der Waals surface area (Å²) in [6.07, 6.45) is 5.86. The molecule has 2 unspecified atom stereocenters. The highest BCUT2D eigenvalue weighted by Crippen LogP contribution is 2.19. The number of urea groups is 1. The Morgan fingerprint density at radius 3 is 2.40 bits per heavy atom. The van der Waals surface area contributed by atoms with E-state index in [9.17, 15) is 9.59 Å². The highest BCUT2D eigenvalue weighted by molar-refractivity contribution is 5.76. The van der Waals surface area contributed by atoms with Crippen molar-refractivity contribution in [3.05, 3.63) is 12.2 Å². The van der Waals surface area contributed by atoms with Gasteiger partial charge in [-0.25, -0.2) is 4.79 Å². The van der Waals surface area contributed by atoms with E-state index in [1.165, 1.54) is 0 Å². The molecule has 0 aromatic heterocycles. The number of likely N-dealkylation sites (tertiary alicyclic amines) is 1. The third-order valence-corrected chi connectivity index (χ3v) is 4.19. The van der Waals surface area contributed by atoms with Gasteiger partial charge in [0, 0.05) is 19.1 Å². The van der Waals surface area contributed by atoms with Gasteiger partial charge in [-0.2, -0.15) is 0 Å². The summed E-state index contributed by atoms with van der Waals surface area (Å²) < 4.78 is 0. The highest BCUT2D eigenvalue weighted by Gasteiger charge is 2.28. The number of carboxylic acids is 1. The van der Waals surface area contributed by atoms with Gasteiger partial charge in [0.2, 0.25) is 0 Å². The van der Waals surface area contributed by atoms with Crippen molar-refractivity contribution in [2.75, 3.05) is 27.2 Å². The molecule has 2 amide bonds. The van der Waals surface area contributed by atoms with Gasteiger partial charge >= 0.3 is 12.0 Å². The number of amides is 2. The predicted molar refractivity (Wildman–Crippen MR) is 75.5 cm³/mol. The number of carboxylic acid groups (broad SMARTS) is 1. The number of rotatable bonds is 3. The number of hydrogen-bond acceptors (Lipinski definition) is 3. The van der Waals surface area contributed by atoms with Gasteiger partial charge in [-0.15, -0.1) is 0 Å². The standard InChI is InChI=1S/C14H23N3O3/c1-16(2)12-5-7-17(8-6-12)14(20)15-11-4-3-10(9-11)13(18)19/h3-4,10-12H,5-9H2,1-2H3,(H,15,20)(H,18,19). The van der Waals surface area contributed by atoms with Gasteiger partial charge in [0.1, 0.15) is 0 Å². The number of piperidine rings is 1. The maximum atomic E-state index is 12.1. The fourth-order valence-corrected chi connectivity index (χ4v) is 2.82. The second-order valence-electron chi connectivity index (χ2n) is 5.80. The second-order valence-corrected chi connectivity index (χ2v) is 5.80. The molecule has 2 N–H and O–H groups in total. The van der Waals surface area contributed by atoms with Crippen LogP contribution in [0.1, 0.15) is 19.3 Å². The maximum Gasteiger partial charge on any atom is 0.317 e. The highest BCUT2D eigenvalue weighted by atomic mass is 16.4. The summed E-state index contributed by atoms with van der Waals surface area (Å²) in [5.74, 6) is -1.30. The van der Waals surface area contributed by atoms with Crippen LogP contribution >= 0.6 is 0 Å². The van der Waals surface area contributed by atoms with Crippen LogP contribution in [0.2, 0.25) is 0 Å². The average Bonchev–Trinajstić information content (AvgIpc) is 2.87. The van der Waals surface area contributed by atoms with Gasteiger partial charge in [-0.05, 0) is 33.4 Å². The zero-order chi connectivity index (χ0) is 14.7. The lowest BCUT2D eigenvalue weighted by Crippen LogP contribution is -2.50. The summed E-state index contributed by atoms with van der Waals surface area (Å²) in [6, 6.07) is 0.305. The van der Waals surface area contributed by atoms with Crippen molar-refractivity contribution in [3.8, 4) is 0 Å². The van der Waals surface area contributed by atoms with E-state index in [-0.39, 0.29) is 12.1 Å². The Balaban J connectivity index is 1.77. The minimum absolute atomic E-state index is 0.0807. The van der Waals surface area contributed by atoms with Crippen LogP contribution in [-0.4, -0.2) is 66.2 Å². The van der Waals surface area contributed by atoms with Gasteiger partial charge in [-0.1, -0.05) is 12.2 Å². The lowest BCUT2D eigenvalue weighted by atomic mass is 10.0. The molecule has 6 nitrogen and oxygen atoms in total. The fraction of sp³-hybridized carbons (Fsp3) is 0.714. The van der Waals surface area contributed by atoms with Crippen LogP contribution in [0.15, 0.2) is 12.2 Å². The number of hydrogen-bond donors (Lipinski definition) is 2. The van der Waals surface area contributed by atoms with E-state index in [0.717, 1.165) is 25.9 Å². The summed E-state index contributed by atoms with van der Waals surface area (Å²) in [5.41, 5.74) is 0. The Morgan fingerprint density at radius 2 is 1.90 bits per heavy atom. The summed E-state index contributed by atoms with van der Waals surface area (Å²) in [5, 5.41) is 11.8. The predicted octanol–water partition coefficient (Wildman–Crippen LogP) is 0.751. The molecule has 2 aliphatic rings. The van der Waals surface area contributed by atoms with Crippen LogP contribution in [0.4, 0.5) is 4.79 Å². The van der Waals surface area contributed by atoms with Crippen LogP contribution in [0.5, 0.6) is 0 Å². The van der Waals surface area contributed by atoms with Crippen LogP contribution in [0.3, 0.4) is 0 Å². The molecule has 2 rings (SSSR count). The third kappa shape index (κ3) is 3.50. The molecular formula is C14H23N3O3. The molecule has 0 aromatic rings. The fourth-order valence-electron chi connectivity index (χ4n) is 2.82. The van der Waals surface area contributed by atoms with E-state index >= 15 is 0 Å². The molecule has 6 heteroatoms. The molecule has 0 spiro atoms. The van der Waals surface area contributed by atoms with Crippen molar-refractivity contribution in [1.82, 2.24) is 15.1 Å². The average molecular weight is 281 g/mol. The Hall–Kier alpha value is -1.56. The molecule has 1 heterocycles. The zero-order valence-electron chi connectivity index (χ0n) is 12.1. The molecule has 0 radical (unpaired) electrons. The number of nitrogens with one attached hydrogen (secondary N) is 1. The number of nitrogens with zero attached hydrogens (tertiary/aromatic N) is 2. The molecule has 0 bridgehead atoms. The molecule has 1 aliphatic heterocycles. The number of aliphatic carboxylic acids is 1. The first-order chi connectivity index (χ1) is 9.47. The molecular weight excluding hydrogens is 258 g/mol. The van der Waals surface area contributed by atoms with Gasteiger partial charge in [0.25, 0.3) is 0 Å². The molecule has 0 saturated carbocycles. The summed E-state index contributed by atoms with van der Waals surface area (Å²) in [6.45, 7) is 1.51. The lowest BCUT2D eigenvalue weighted by Gasteiger charge is -2.35. The monoisotopic (exact) mass is 281 g/mol. The first-order valence-electron chi connectivity index (χ1n) is 7.10. The first-order valence-corrected chi connectivity index (χ1v) is 7.10. The molecule has 0 aromatic carbocycles. The van der Waals surface area contributed by atoms with Crippen molar-refractivity contribution in [1.29, 1.82) is 0 Å². The van der Waals surface area contributed by atoms with Gasteiger partial charge in [-0.3, -0.25) is 4.79 Å². The summed E-state index contributed by atoms with van der Waals surface area (Å²) in [7, 11) is 4.13. The smallest absolute Gasteiger partial charge is 0.317 e. The largest absolute Gasteiger partial charge is 0.481 e. The molecule has 2 atom stereocenters. The van der Waals surface area contributed by atoms with Crippen molar-refractivity contribution in [2.24, 2.45) is 5.92 Å². The van der Waals surface area contributed by atoms with Crippen LogP contribution in [0, 0.1) is 5.92 Å². The van der Waals surface area contributed by atoms with E-state index < -0.39 is 11.9 Å². The van der Waals surface area contributed by atoms with E-state index in [2.05, 4.69) is 24.3 Å². The quantitative estimate of drug-likeness (QED) is 0.749. The molecule has 1 saturated heterocycles. The molecule has 1 fully saturated rings. The van der Waals surface area contributed by atoms with Crippen molar-refractivity contribution >= 4 is 12.0 Å². The van der Waals surface area contributed by atoms with E-state index in [1.807, 2.05) is 4.90 Å². The second kappa shape index (κ2) is 6.26. The van der Waals surface area contributed by atoms with Crippen LogP contribution < -0.4 is 5.32 Å². The Kier molecular flexibility index (Phi) is 4.65. The van der Waals surface area contributed by atoms with Crippen molar-refractivity contribution in [3.63, 3.8) is 0 Å². The third-order valence-electron chi connectivity index (χ3n) is 4.19. The minimum Gasteiger partial charge on any atom is -0.481 e.